The molecule has 88 valence electrons. The van der Waals surface area contributed by atoms with Gasteiger partial charge in [0.1, 0.15) is 5.15 Å². The average Bonchev–Trinajstić information content (AvgIpc) is 2.89. The third-order valence-corrected chi connectivity index (χ3v) is 3.40. The number of aromatic nitrogens is 2. The standard InChI is InChI=1S/C11H15ClN2O2/c1-3-4-7-9(12)13-11(16)14(10(7)15)8-5-6(8)2/h6,8H,3-5H2,1-2H3,(H,13,16). The summed E-state index contributed by atoms with van der Waals surface area (Å²) in [4.78, 5) is 26.3. The zero-order valence-electron chi connectivity index (χ0n) is 9.42. The second-order valence-corrected chi connectivity index (χ2v) is 4.81. The highest BCUT2D eigenvalue weighted by Gasteiger charge is 2.37. The lowest BCUT2D eigenvalue weighted by atomic mass is 10.2. The van der Waals surface area contributed by atoms with Gasteiger partial charge in [0.2, 0.25) is 0 Å². The number of nitrogens with zero attached hydrogens (tertiary/aromatic N) is 1. The van der Waals surface area contributed by atoms with Crippen LogP contribution in [0.3, 0.4) is 0 Å². The fraction of sp³-hybridized carbons (Fsp3) is 0.636. The van der Waals surface area contributed by atoms with Gasteiger partial charge in [0.25, 0.3) is 5.56 Å². The van der Waals surface area contributed by atoms with Crippen LogP contribution in [0.1, 0.15) is 38.3 Å². The molecule has 2 atom stereocenters. The lowest BCUT2D eigenvalue weighted by molar-refractivity contribution is 0.607. The Morgan fingerprint density at radius 3 is 2.62 bits per heavy atom. The first-order valence-electron chi connectivity index (χ1n) is 5.59. The van der Waals surface area contributed by atoms with Crippen LogP contribution < -0.4 is 11.2 Å². The second kappa shape index (κ2) is 4.09. The summed E-state index contributed by atoms with van der Waals surface area (Å²) in [5.41, 5.74) is -0.0722. The lowest BCUT2D eigenvalue weighted by Gasteiger charge is -2.07. The van der Waals surface area contributed by atoms with E-state index in [0.29, 0.717) is 17.9 Å². The molecule has 0 bridgehead atoms. The van der Waals surface area contributed by atoms with E-state index in [0.717, 1.165) is 12.8 Å². The van der Waals surface area contributed by atoms with E-state index in [-0.39, 0.29) is 22.4 Å². The fourth-order valence-electron chi connectivity index (χ4n) is 1.99. The maximum absolute atomic E-state index is 12.1. The summed E-state index contributed by atoms with van der Waals surface area (Å²) in [6, 6.07) is 0.0594. The largest absolute Gasteiger partial charge is 0.329 e. The highest BCUT2D eigenvalue weighted by molar-refractivity contribution is 6.30. The van der Waals surface area contributed by atoms with E-state index in [1.807, 2.05) is 13.8 Å². The highest BCUT2D eigenvalue weighted by Crippen LogP contribution is 2.40. The van der Waals surface area contributed by atoms with Crippen LogP contribution in [0.25, 0.3) is 0 Å². The van der Waals surface area contributed by atoms with Crippen LogP contribution in [0.2, 0.25) is 5.15 Å². The van der Waals surface area contributed by atoms with E-state index in [1.165, 1.54) is 4.57 Å². The minimum Gasteiger partial charge on any atom is -0.297 e. The van der Waals surface area contributed by atoms with E-state index in [2.05, 4.69) is 4.98 Å². The summed E-state index contributed by atoms with van der Waals surface area (Å²) < 4.78 is 1.32. The van der Waals surface area contributed by atoms with Crippen LogP contribution in [-0.4, -0.2) is 9.55 Å². The van der Waals surface area contributed by atoms with Crippen molar-refractivity contribution in [3.05, 3.63) is 31.6 Å². The minimum atomic E-state index is -0.385. The van der Waals surface area contributed by atoms with Crippen LogP contribution in [0.4, 0.5) is 0 Å². The van der Waals surface area contributed by atoms with Gasteiger partial charge in [-0.05, 0) is 18.8 Å². The Morgan fingerprint density at radius 1 is 1.50 bits per heavy atom. The number of nitrogens with one attached hydrogen (secondary N) is 1. The van der Waals surface area contributed by atoms with Crippen molar-refractivity contribution in [2.45, 2.75) is 39.2 Å². The number of H-pyrrole nitrogens is 1. The van der Waals surface area contributed by atoms with Gasteiger partial charge in [0.15, 0.2) is 0 Å². The molecule has 1 aliphatic carbocycles. The molecule has 1 aromatic rings. The van der Waals surface area contributed by atoms with Crippen molar-refractivity contribution < 1.29 is 0 Å². The van der Waals surface area contributed by atoms with Crippen molar-refractivity contribution >= 4 is 11.6 Å². The molecule has 2 unspecified atom stereocenters. The molecule has 1 N–H and O–H groups in total. The maximum atomic E-state index is 12.1. The van der Waals surface area contributed by atoms with Gasteiger partial charge < -0.3 is 0 Å². The Balaban J connectivity index is 2.57. The van der Waals surface area contributed by atoms with Crippen LogP contribution >= 0.6 is 11.6 Å². The van der Waals surface area contributed by atoms with Crippen LogP contribution in [-0.2, 0) is 6.42 Å². The highest BCUT2D eigenvalue weighted by atomic mass is 35.5. The molecule has 0 spiro atoms. The van der Waals surface area contributed by atoms with E-state index < -0.39 is 0 Å². The molecule has 1 saturated carbocycles. The number of aromatic amines is 1. The lowest BCUT2D eigenvalue weighted by Crippen LogP contribution is -2.37. The normalized spacial score (nSPS) is 23.4. The molecule has 2 rings (SSSR count). The van der Waals surface area contributed by atoms with Crippen molar-refractivity contribution in [3.63, 3.8) is 0 Å². The molecular formula is C11H15ClN2O2. The summed E-state index contributed by atoms with van der Waals surface area (Å²) in [7, 11) is 0. The Morgan fingerprint density at radius 2 is 2.12 bits per heavy atom. The predicted molar refractivity (Wildman–Crippen MR) is 63.1 cm³/mol. The molecule has 1 aromatic heterocycles. The molecule has 5 heteroatoms. The van der Waals surface area contributed by atoms with Gasteiger partial charge in [-0.3, -0.25) is 14.3 Å². The first-order valence-corrected chi connectivity index (χ1v) is 5.97. The first kappa shape index (κ1) is 11.5. The summed E-state index contributed by atoms with van der Waals surface area (Å²) >= 11 is 5.88. The number of hydrogen-bond donors (Lipinski definition) is 1. The van der Waals surface area contributed by atoms with Gasteiger partial charge in [-0.25, -0.2) is 4.79 Å². The maximum Gasteiger partial charge on any atom is 0.329 e. The Kier molecular flexibility index (Phi) is 2.93. The van der Waals surface area contributed by atoms with Crippen LogP contribution in [0.5, 0.6) is 0 Å². The number of halogens is 1. The molecule has 16 heavy (non-hydrogen) atoms. The average molecular weight is 243 g/mol. The summed E-state index contributed by atoms with van der Waals surface area (Å²) in [6.07, 6.45) is 2.34. The molecule has 0 aliphatic heterocycles. The third kappa shape index (κ3) is 1.82. The zero-order chi connectivity index (χ0) is 11.9. The molecule has 1 heterocycles. The molecule has 1 fully saturated rings. The van der Waals surface area contributed by atoms with Gasteiger partial charge in [0.05, 0.1) is 5.56 Å². The van der Waals surface area contributed by atoms with Gasteiger partial charge in [-0.2, -0.15) is 0 Å². The van der Waals surface area contributed by atoms with Crippen molar-refractivity contribution in [2.75, 3.05) is 0 Å². The smallest absolute Gasteiger partial charge is 0.297 e. The van der Waals surface area contributed by atoms with Gasteiger partial charge >= 0.3 is 5.69 Å². The minimum absolute atomic E-state index is 0.0594. The Bertz CT molecular complexity index is 518. The monoisotopic (exact) mass is 242 g/mol. The predicted octanol–water partition coefficient (Wildman–Crippen LogP) is 1.72. The molecule has 4 nitrogen and oxygen atoms in total. The van der Waals surface area contributed by atoms with Crippen LogP contribution in [0.15, 0.2) is 9.59 Å². The topological polar surface area (TPSA) is 54.9 Å². The fourth-order valence-corrected chi connectivity index (χ4v) is 2.25. The SMILES string of the molecule is CCCc1c(Cl)[nH]c(=O)n(C2CC2C)c1=O. The third-order valence-electron chi connectivity index (χ3n) is 3.08. The van der Waals surface area contributed by atoms with Gasteiger partial charge in [-0.15, -0.1) is 0 Å². The van der Waals surface area contributed by atoms with Gasteiger partial charge in [0, 0.05) is 6.04 Å². The molecular weight excluding hydrogens is 228 g/mol. The van der Waals surface area contributed by atoms with E-state index in [4.69, 9.17) is 11.6 Å². The van der Waals surface area contributed by atoms with Crippen molar-refractivity contribution in [3.8, 4) is 0 Å². The van der Waals surface area contributed by atoms with E-state index in [9.17, 15) is 9.59 Å². The summed E-state index contributed by atoms with van der Waals surface area (Å²) in [6.45, 7) is 4.01. The van der Waals surface area contributed by atoms with Crippen molar-refractivity contribution in [1.82, 2.24) is 9.55 Å². The Labute approximate surface area is 98.3 Å². The molecule has 1 aliphatic rings. The van der Waals surface area contributed by atoms with Gasteiger partial charge in [-0.1, -0.05) is 31.9 Å². The van der Waals surface area contributed by atoms with Crippen LogP contribution in [0, 0.1) is 5.92 Å². The first-order chi connectivity index (χ1) is 7.56. The van der Waals surface area contributed by atoms with Crippen molar-refractivity contribution in [2.24, 2.45) is 5.92 Å². The number of hydrogen-bond acceptors (Lipinski definition) is 2. The summed E-state index contributed by atoms with van der Waals surface area (Å²) in [5, 5.41) is 0.196. The summed E-state index contributed by atoms with van der Waals surface area (Å²) in [5.74, 6) is 0.412. The molecule has 0 saturated heterocycles. The zero-order valence-corrected chi connectivity index (χ0v) is 10.2. The molecule has 0 aromatic carbocycles. The van der Waals surface area contributed by atoms with E-state index >= 15 is 0 Å². The molecule has 0 radical (unpaired) electrons. The number of rotatable bonds is 3. The van der Waals surface area contributed by atoms with E-state index in [1.54, 1.807) is 0 Å². The quantitative estimate of drug-likeness (QED) is 0.821. The Hall–Kier alpha value is -1.03. The second-order valence-electron chi connectivity index (χ2n) is 4.43. The van der Waals surface area contributed by atoms with Crippen molar-refractivity contribution in [1.29, 1.82) is 0 Å². The molecule has 0 amide bonds.